The largest absolute Gasteiger partial charge is 0.349 e. The molecule has 0 aliphatic carbocycles. The monoisotopic (exact) mass is 379 g/mol. The van der Waals surface area contributed by atoms with Crippen molar-refractivity contribution in [3.63, 3.8) is 0 Å². The Labute approximate surface area is 164 Å². The maximum Gasteiger partial charge on any atom is 0.221 e. The maximum atomic E-state index is 12.6. The van der Waals surface area contributed by atoms with E-state index < -0.39 is 0 Å². The highest BCUT2D eigenvalue weighted by Gasteiger charge is 2.18. The molecule has 5 heteroatoms. The van der Waals surface area contributed by atoms with E-state index in [1.165, 1.54) is 0 Å². The van der Waals surface area contributed by atoms with Crippen LogP contribution in [0.5, 0.6) is 0 Å². The fraction of sp³-hybridized carbons (Fsp3) is 0.227. The first-order valence-corrected chi connectivity index (χ1v) is 9.27. The maximum absolute atomic E-state index is 12.6. The molecule has 1 amide bonds. The molecule has 0 aliphatic rings. The van der Waals surface area contributed by atoms with Crippen LogP contribution in [0.25, 0.3) is 0 Å². The van der Waals surface area contributed by atoms with Gasteiger partial charge in [0.05, 0.1) is 6.54 Å². The van der Waals surface area contributed by atoms with Crippen LogP contribution in [0.4, 0.5) is 0 Å². The molecule has 0 aliphatic heterocycles. The van der Waals surface area contributed by atoms with Gasteiger partial charge in [-0.1, -0.05) is 54.1 Å². The van der Waals surface area contributed by atoms with Crippen LogP contribution in [-0.4, -0.2) is 15.9 Å². The molecule has 1 aromatic heterocycles. The summed E-state index contributed by atoms with van der Waals surface area (Å²) in [7, 11) is 0. The molecular weight excluding hydrogens is 358 g/mol. The number of carbonyl (C=O) groups is 1. The van der Waals surface area contributed by atoms with E-state index in [0.717, 1.165) is 22.5 Å². The van der Waals surface area contributed by atoms with Gasteiger partial charge in [-0.15, -0.1) is 0 Å². The Morgan fingerprint density at radius 1 is 0.963 bits per heavy atom. The predicted octanol–water partition coefficient (Wildman–Crippen LogP) is 4.59. The van der Waals surface area contributed by atoms with Gasteiger partial charge in [0.25, 0.3) is 0 Å². The average molecular weight is 380 g/mol. The number of hydrogen-bond donors (Lipinski definition) is 1. The van der Waals surface area contributed by atoms with Gasteiger partial charge in [-0.3, -0.25) is 4.79 Å². The molecule has 2 aromatic carbocycles. The van der Waals surface area contributed by atoms with E-state index in [1.54, 1.807) is 0 Å². The molecule has 1 atom stereocenters. The summed E-state index contributed by atoms with van der Waals surface area (Å²) in [4.78, 5) is 21.4. The Morgan fingerprint density at radius 3 is 2.19 bits per heavy atom. The molecule has 4 nitrogen and oxygen atoms in total. The smallest absolute Gasteiger partial charge is 0.221 e. The highest BCUT2D eigenvalue weighted by atomic mass is 35.5. The Hall–Kier alpha value is -2.72. The highest BCUT2D eigenvalue weighted by Crippen LogP contribution is 2.28. The van der Waals surface area contributed by atoms with E-state index >= 15 is 0 Å². The predicted molar refractivity (Wildman–Crippen MR) is 108 cm³/mol. The fourth-order valence-corrected chi connectivity index (χ4v) is 3.25. The second-order valence-corrected chi connectivity index (χ2v) is 7.00. The van der Waals surface area contributed by atoms with Gasteiger partial charge in [0.15, 0.2) is 0 Å². The summed E-state index contributed by atoms with van der Waals surface area (Å²) in [5, 5.41) is 3.63. The van der Waals surface area contributed by atoms with Crippen molar-refractivity contribution < 1.29 is 4.79 Å². The van der Waals surface area contributed by atoms with E-state index in [4.69, 9.17) is 11.6 Å². The zero-order chi connectivity index (χ0) is 19.2. The molecule has 0 saturated carbocycles. The van der Waals surface area contributed by atoms with Crippen LogP contribution >= 0.6 is 11.6 Å². The first kappa shape index (κ1) is 19.1. The first-order valence-electron chi connectivity index (χ1n) is 8.89. The van der Waals surface area contributed by atoms with Gasteiger partial charge in [-0.25, -0.2) is 9.97 Å². The summed E-state index contributed by atoms with van der Waals surface area (Å²) in [5.74, 6) is 0.550. The molecular formula is C22H22ClN3O. The third-order valence-corrected chi connectivity index (χ3v) is 4.59. The van der Waals surface area contributed by atoms with Gasteiger partial charge in [0.2, 0.25) is 5.91 Å². The van der Waals surface area contributed by atoms with Crippen LogP contribution in [0.15, 0.2) is 60.7 Å². The number of aromatic nitrogens is 2. The van der Waals surface area contributed by atoms with E-state index in [9.17, 15) is 4.79 Å². The molecule has 3 rings (SSSR count). The minimum atomic E-state index is -0.0402. The fourth-order valence-electron chi connectivity index (χ4n) is 3.12. The number of nitrogens with zero attached hydrogens (tertiary/aromatic N) is 2. The number of aryl methyl sites for hydroxylation is 2. The van der Waals surface area contributed by atoms with Crippen molar-refractivity contribution in [2.24, 2.45) is 0 Å². The highest BCUT2D eigenvalue weighted by molar-refractivity contribution is 6.30. The molecule has 1 heterocycles. The number of halogens is 1. The third-order valence-electron chi connectivity index (χ3n) is 4.34. The van der Waals surface area contributed by atoms with Crippen LogP contribution in [-0.2, 0) is 11.3 Å². The van der Waals surface area contributed by atoms with E-state index in [0.29, 0.717) is 23.8 Å². The Morgan fingerprint density at radius 2 is 1.56 bits per heavy atom. The number of rotatable bonds is 6. The molecule has 1 N–H and O–H groups in total. The molecule has 0 fully saturated rings. The van der Waals surface area contributed by atoms with Gasteiger partial charge in [0, 0.05) is 28.7 Å². The molecule has 1 unspecified atom stereocenters. The Bertz CT molecular complexity index is 890. The SMILES string of the molecule is Cc1cc(C)nc(CNC(=O)CC(c2ccccc2)c2ccc(Cl)cc2)n1. The van der Waals surface area contributed by atoms with Crippen LogP contribution in [0.2, 0.25) is 5.02 Å². The first-order chi connectivity index (χ1) is 13.0. The van der Waals surface area contributed by atoms with Crippen LogP contribution in [0.1, 0.15) is 40.7 Å². The molecule has 0 spiro atoms. The minimum absolute atomic E-state index is 0.0383. The quantitative estimate of drug-likeness (QED) is 0.681. The van der Waals surface area contributed by atoms with E-state index in [-0.39, 0.29) is 11.8 Å². The second kappa shape index (κ2) is 8.78. The lowest BCUT2D eigenvalue weighted by molar-refractivity contribution is -0.121. The van der Waals surface area contributed by atoms with Gasteiger partial charge in [-0.2, -0.15) is 0 Å². The van der Waals surface area contributed by atoms with Crippen LogP contribution in [0.3, 0.4) is 0 Å². The van der Waals surface area contributed by atoms with E-state index in [1.807, 2.05) is 74.5 Å². The molecule has 138 valence electrons. The summed E-state index contributed by atoms with van der Waals surface area (Å²) in [6.45, 7) is 4.17. The lowest BCUT2D eigenvalue weighted by Gasteiger charge is -2.18. The van der Waals surface area contributed by atoms with Crippen molar-refractivity contribution in [1.82, 2.24) is 15.3 Å². The average Bonchev–Trinajstić information content (AvgIpc) is 2.65. The third kappa shape index (κ3) is 5.38. The summed E-state index contributed by atoms with van der Waals surface area (Å²) < 4.78 is 0. The molecule has 0 radical (unpaired) electrons. The van der Waals surface area contributed by atoms with Crippen LogP contribution < -0.4 is 5.32 Å². The topological polar surface area (TPSA) is 54.9 Å². The Balaban J connectivity index is 1.73. The van der Waals surface area contributed by atoms with Crippen molar-refractivity contribution in [3.8, 4) is 0 Å². The van der Waals surface area contributed by atoms with E-state index in [2.05, 4.69) is 15.3 Å². The van der Waals surface area contributed by atoms with Crippen molar-refractivity contribution in [3.05, 3.63) is 94.0 Å². The molecule has 27 heavy (non-hydrogen) atoms. The number of amides is 1. The summed E-state index contributed by atoms with van der Waals surface area (Å²) in [6.07, 6.45) is 0.344. The lowest BCUT2D eigenvalue weighted by Crippen LogP contribution is -2.26. The van der Waals surface area contributed by atoms with Gasteiger partial charge in [-0.05, 0) is 43.2 Å². The molecule has 3 aromatic rings. The molecule has 0 saturated heterocycles. The van der Waals surface area contributed by atoms with Crippen molar-refractivity contribution in [1.29, 1.82) is 0 Å². The minimum Gasteiger partial charge on any atom is -0.349 e. The van der Waals surface area contributed by atoms with Crippen molar-refractivity contribution in [2.75, 3.05) is 0 Å². The number of benzene rings is 2. The number of carbonyl (C=O) groups excluding carboxylic acids is 1. The van der Waals surface area contributed by atoms with Gasteiger partial charge in [0.1, 0.15) is 5.82 Å². The lowest BCUT2D eigenvalue weighted by atomic mass is 9.88. The second-order valence-electron chi connectivity index (χ2n) is 6.56. The normalized spacial score (nSPS) is 11.8. The Kier molecular flexibility index (Phi) is 6.20. The summed E-state index contributed by atoms with van der Waals surface area (Å²) >= 11 is 6.02. The van der Waals surface area contributed by atoms with Crippen LogP contribution in [0, 0.1) is 13.8 Å². The number of nitrogens with one attached hydrogen (secondary N) is 1. The van der Waals surface area contributed by atoms with Crippen molar-refractivity contribution in [2.45, 2.75) is 32.7 Å². The zero-order valence-electron chi connectivity index (χ0n) is 15.4. The van der Waals surface area contributed by atoms with Crippen molar-refractivity contribution >= 4 is 17.5 Å². The number of hydrogen-bond acceptors (Lipinski definition) is 3. The zero-order valence-corrected chi connectivity index (χ0v) is 16.2. The summed E-state index contributed by atoms with van der Waals surface area (Å²) in [6, 6.07) is 19.6. The standard InChI is InChI=1S/C22H22ClN3O/c1-15-12-16(2)26-21(25-15)14-24-22(27)13-20(17-6-4-3-5-7-17)18-8-10-19(23)11-9-18/h3-12,20H,13-14H2,1-2H3,(H,24,27). The van der Waals surface area contributed by atoms with Gasteiger partial charge < -0.3 is 5.32 Å². The molecule has 0 bridgehead atoms. The summed E-state index contributed by atoms with van der Waals surface area (Å²) in [5.41, 5.74) is 3.95. The van der Waals surface area contributed by atoms with Gasteiger partial charge >= 0.3 is 0 Å².